The number of carbonyl (C=O) groups excluding carboxylic acids is 2. The van der Waals surface area contributed by atoms with E-state index in [1.165, 1.54) is 35.1 Å². The van der Waals surface area contributed by atoms with Crippen molar-refractivity contribution in [3.63, 3.8) is 0 Å². The van der Waals surface area contributed by atoms with Gasteiger partial charge in [0.15, 0.2) is 18.2 Å². The van der Waals surface area contributed by atoms with Crippen molar-refractivity contribution in [3.8, 4) is 17.3 Å². The van der Waals surface area contributed by atoms with Gasteiger partial charge >= 0.3 is 12.6 Å². The van der Waals surface area contributed by atoms with Gasteiger partial charge in [-0.3, -0.25) is 4.79 Å². The summed E-state index contributed by atoms with van der Waals surface area (Å²) >= 11 is 1.25. The molecule has 0 radical (unpaired) electrons. The van der Waals surface area contributed by atoms with Gasteiger partial charge in [-0.2, -0.15) is 8.78 Å². The van der Waals surface area contributed by atoms with Gasteiger partial charge in [-0.05, 0) is 43.0 Å². The number of rotatable bonds is 9. The van der Waals surface area contributed by atoms with Crippen molar-refractivity contribution in [2.75, 3.05) is 19.9 Å². The van der Waals surface area contributed by atoms with Crippen molar-refractivity contribution in [1.29, 1.82) is 0 Å². The summed E-state index contributed by atoms with van der Waals surface area (Å²) in [6.45, 7) is -1.53. The minimum Gasteiger partial charge on any atom is -0.461 e. The van der Waals surface area contributed by atoms with Gasteiger partial charge in [-0.1, -0.05) is 12.1 Å². The van der Waals surface area contributed by atoms with Crippen LogP contribution in [0.15, 0.2) is 52.1 Å². The maximum absolute atomic E-state index is 12.7. The lowest BCUT2D eigenvalue weighted by molar-refractivity contribution is -0.133. The molecule has 0 spiro atoms. The van der Waals surface area contributed by atoms with Crippen LogP contribution in [0.5, 0.6) is 5.75 Å². The molecule has 3 aromatic rings. The average Bonchev–Trinajstić information content (AvgIpc) is 3.32. The zero-order valence-corrected chi connectivity index (χ0v) is 18.9. The quantitative estimate of drug-likeness (QED) is 0.257. The van der Waals surface area contributed by atoms with Crippen LogP contribution in [-0.4, -0.2) is 53.3 Å². The molecule has 2 heterocycles. The highest BCUT2D eigenvalue weighted by atomic mass is 32.2. The Kier molecular flexibility index (Phi) is 7.99. The Morgan fingerprint density at radius 1 is 1.18 bits per heavy atom. The van der Waals surface area contributed by atoms with Crippen LogP contribution in [0, 0.1) is 6.92 Å². The number of hydrogen-bond donors (Lipinski definition) is 0. The molecule has 3 rings (SSSR count). The van der Waals surface area contributed by atoms with Crippen molar-refractivity contribution in [2.45, 2.75) is 25.1 Å². The van der Waals surface area contributed by atoms with E-state index >= 15 is 0 Å². The van der Waals surface area contributed by atoms with Crippen LogP contribution < -0.4 is 4.74 Å². The Morgan fingerprint density at radius 2 is 1.91 bits per heavy atom. The molecular weight excluding hydrogens is 456 g/mol. The molecule has 0 N–H and O–H groups in total. The molecule has 1 aromatic carbocycles. The van der Waals surface area contributed by atoms with Crippen molar-refractivity contribution in [3.05, 3.63) is 59.5 Å². The van der Waals surface area contributed by atoms with Crippen LogP contribution in [-0.2, 0) is 16.1 Å². The Hall–Kier alpha value is -3.47. The Bertz CT molecular complexity index is 1110. The van der Waals surface area contributed by atoms with Gasteiger partial charge < -0.3 is 18.8 Å². The number of amides is 1. The summed E-state index contributed by atoms with van der Waals surface area (Å²) < 4.78 is 39.3. The van der Waals surface area contributed by atoms with E-state index < -0.39 is 25.1 Å². The molecular formula is C22H21F2N3O5S. The first-order valence-corrected chi connectivity index (χ1v) is 10.9. The smallest absolute Gasteiger partial charge is 0.387 e. The van der Waals surface area contributed by atoms with Crippen LogP contribution in [0.4, 0.5) is 8.78 Å². The van der Waals surface area contributed by atoms with E-state index in [9.17, 15) is 18.4 Å². The fourth-order valence-corrected chi connectivity index (χ4v) is 3.51. The third-order valence-electron chi connectivity index (χ3n) is 4.52. The molecule has 0 aliphatic heterocycles. The zero-order valence-electron chi connectivity index (χ0n) is 18.1. The second kappa shape index (κ2) is 10.9. The summed E-state index contributed by atoms with van der Waals surface area (Å²) in [4.78, 5) is 35.1. The minimum atomic E-state index is -2.91. The van der Waals surface area contributed by atoms with E-state index in [2.05, 4.69) is 14.7 Å². The second-order valence-electron chi connectivity index (χ2n) is 6.84. The van der Waals surface area contributed by atoms with Gasteiger partial charge in [0.25, 0.3) is 5.91 Å². The van der Waals surface area contributed by atoms with E-state index in [0.29, 0.717) is 27.9 Å². The molecule has 0 bridgehead atoms. The normalized spacial score (nSPS) is 10.8. The number of hydrogen-bond acceptors (Lipinski definition) is 8. The van der Waals surface area contributed by atoms with Crippen molar-refractivity contribution in [2.24, 2.45) is 0 Å². The van der Waals surface area contributed by atoms with Crippen molar-refractivity contribution in [1.82, 2.24) is 14.9 Å². The summed E-state index contributed by atoms with van der Waals surface area (Å²) in [5.41, 5.74) is 1.28. The van der Waals surface area contributed by atoms with E-state index in [1.807, 2.05) is 0 Å². The largest absolute Gasteiger partial charge is 0.461 e. The fourth-order valence-electron chi connectivity index (χ4n) is 2.89. The minimum absolute atomic E-state index is 0.0249. The summed E-state index contributed by atoms with van der Waals surface area (Å²) in [5.74, 6) is -0.305. The monoisotopic (exact) mass is 477 g/mol. The zero-order chi connectivity index (χ0) is 24.0. The van der Waals surface area contributed by atoms with Gasteiger partial charge in [-0.15, -0.1) is 11.8 Å². The standard InChI is InChI=1S/C22H21F2N3O5S/c1-13-18(20(33-3)26-19(25-13)16-5-4-10-30-16)21(29)31-12-17(28)27(2)11-14-6-8-15(9-7-14)32-22(23)24/h4-10,22H,11-12H2,1-3H3. The first-order chi connectivity index (χ1) is 15.8. The number of esters is 1. The molecule has 0 atom stereocenters. The van der Waals surface area contributed by atoms with Crippen LogP contribution in [0.1, 0.15) is 21.6 Å². The number of nitrogens with zero attached hydrogens (tertiary/aromatic N) is 3. The maximum atomic E-state index is 12.7. The average molecular weight is 477 g/mol. The molecule has 33 heavy (non-hydrogen) atoms. The summed E-state index contributed by atoms with van der Waals surface area (Å²) in [6.07, 6.45) is 3.27. The van der Waals surface area contributed by atoms with Gasteiger partial charge in [-0.25, -0.2) is 14.8 Å². The number of carbonyl (C=O) groups is 2. The highest BCUT2D eigenvalue weighted by Crippen LogP contribution is 2.25. The highest BCUT2D eigenvalue weighted by Gasteiger charge is 2.22. The van der Waals surface area contributed by atoms with Crippen molar-refractivity contribution < 1.29 is 32.3 Å². The SMILES string of the molecule is CSc1nc(-c2ccco2)nc(C)c1C(=O)OCC(=O)N(C)Cc1ccc(OC(F)F)cc1. The Labute approximate surface area is 192 Å². The number of alkyl halides is 2. The third kappa shape index (κ3) is 6.28. The van der Waals surface area contributed by atoms with Crippen LogP contribution in [0.3, 0.4) is 0 Å². The molecule has 174 valence electrons. The van der Waals surface area contributed by atoms with Crippen LogP contribution in [0.25, 0.3) is 11.6 Å². The first kappa shape index (κ1) is 24.2. The van der Waals surface area contributed by atoms with E-state index in [0.717, 1.165) is 0 Å². The van der Waals surface area contributed by atoms with E-state index in [1.54, 1.807) is 44.5 Å². The number of furan rings is 1. The number of ether oxygens (including phenoxy) is 2. The second-order valence-corrected chi connectivity index (χ2v) is 7.64. The van der Waals surface area contributed by atoms with Crippen molar-refractivity contribution >= 4 is 23.6 Å². The van der Waals surface area contributed by atoms with Gasteiger partial charge in [0, 0.05) is 13.6 Å². The maximum Gasteiger partial charge on any atom is 0.387 e. The molecule has 2 aromatic heterocycles. The van der Waals surface area contributed by atoms with Gasteiger partial charge in [0.2, 0.25) is 0 Å². The van der Waals surface area contributed by atoms with Gasteiger partial charge in [0.05, 0.1) is 12.0 Å². The molecule has 1 amide bonds. The highest BCUT2D eigenvalue weighted by molar-refractivity contribution is 7.98. The number of aromatic nitrogens is 2. The molecule has 11 heteroatoms. The van der Waals surface area contributed by atoms with Gasteiger partial charge in [0.1, 0.15) is 16.3 Å². The number of halogens is 2. The van der Waals surface area contributed by atoms with Crippen LogP contribution in [0.2, 0.25) is 0 Å². The summed E-state index contributed by atoms with van der Waals surface area (Å²) in [6, 6.07) is 9.34. The Morgan fingerprint density at radius 3 is 2.52 bits per heavy atom. The predicted octanol–water partition coefficient (Wildman–Crippen LogP) is 4.18. The first-order valence-electron chi connectivity index (χ1n) is 9.69. The lowest BCUT2D eigenvalue weighted by Crippen LogP contribution is -2.31. The molecule has 8 nitrogen and oxygen atoms in total. The number of aryl methyl sites for hydroxylation is 1. The predicted molar refractivity (Wildman–Crippen MR) is 116 cm³/mol. The molecule has 0 saturated carbocycles. The lowest BCUT2D eigenvalue weighted by atomic mass is 10.2. The number of likely N-dealkylation sites (N-methyl/N-ethyl adjacent to an activating group) is 1. The topological polar surface area (TPSA) is 94.8 Å². The fraction of sp³-hybridized carbons (Fsp3) is 0.273. The number of thioether (sulfide) groups is 1. The van der Waals surface area contributed by atoms with E-state index in [-0.39, 0.29) is 17.9 Å². The molecule has 0 fully saturated rings. The van der Waals surface area contributed by atoms with Crippen LogP contribution >= 0.6 is 11.8 Å². The summed E-state index contributed by atoms with van der Waals surface area (Å²) in [7, 11) is 1.54. The third-order valence-corrected chi connectivity index (χ3v) is 5.20. The molecule has 0 aliphatic rings. The van der Waals surface area contributed by atoms with E-state index in [4.69, 9.17) is 9.15 Å². The molecule has 0 unspecified atom stereocenters. The molecule has 0 saturated heterocycles. The lowest BCUT2D eigenvalue weighted by Gasteiger charge is -2.18. The Balaban J connectivity index is 1.61. The number of benzene rings is 1. The summed E-state index contributed by atoms with van der Waals surface area (Å²) in [5, 5.41) is 0.408. The molecule has 0 aliphatic carbocycles.